The highest BCUT2D eigenvalue weighted by Gasteiger charge is 2.20. The van der Waals surface area contributed by atoms with E-state index in [-0.39, 0.29) is 6.10 Å². The lowest BCUT2D eigenvalue weighted by Crippen LogP contribution is -2.38. The van der Waals surface area contributed by atoms with Crippen LogP contribution >= 0.6 is 0 Å². The van der Waals surface area contributed by atoms with Gasteiger partial charge in [0.25, 0.3) is 0 Å². The Morgan fingerprint density at radius 1 is 1.13 bits per heavy atom. The summed E-state index contributed by atoms with van der Waals surface area (Å²) in [7, 11) is 0. The molecule has 0 aliphatic carbocycles. The molecule has 3 heteroatoms. The predicted octanol–water partition coefficient (Wildman–Crippen LogP) is 3.82. The van der Waals surface area contributed by atoms with Crippen LogP contribution in [-0.4, -0.2) is 31.1 Å². The zero-order chi connectivity index (χ0) is 15.9. The average molecular weight is 309 g/mol. The molecule has 0 aromatic heterocycles. The lowest BCUT2D eigenvalue weighted by molar-refractivity contribution is -0.0260. The van der Waals surface area contributed by atoms with Gasteiger partial charge < -0.3 is 9.47 Å². The van der Waals surface area contributed by atoms with E-state index in [0.29, 0.717) is 6.61 Å². The molecular formula is C20H23NO2. The molecule has 2 aromatic rings. The summed E-state index contributed by atoms with van der Waals surface area (Å²) in [5, 5.41) is 0. The number of morpholine rings is 1. The van der Waals surface area contributed by atoms with Gasteiger partial charge >= 0.3 is 0 Å². The quantitative estimate of drug-likeness (QED) is 0.757. The standard InChI is InChI=1S/C20H23NO2/c1-2-12-21-13-14-22-20(15-21)18-8-10-19(11-9-18)23-16-17-6-4-3-5-7-17/h2-11,20H,1,12-16H2. The first-order valence-corrected chi connectivity index (χ1v) is 8.06. The van der Waals surface area contributed by atoms with Crippen LogP contribution in [0.25, 0.3) is 0 Å². The second-order valence-corrected chi connectivity index (χ2v) is 5.75. The van der Waals surface area contributed by atoms with Gasteiger partial charge in [-0.05, 0) is 23.3 Å². The van der Waals surface area contributed by atoms with E-state index in [2.05, 4.69) is 35.7 Å². The fourth-order valence-electron chi connectivity index (χ4n) is 2.77. The molecule has 2 aromatic carbocycles. The Hall–Kier alpha value is -2.10. The van der Waals surface area contributed by atoms with E-state index in [9.17, 15) is 0 Å². The lowest BCUT2D eigenvalue weighted by Gasteiger charge is -2.32. The van der Waals surface area contributed by atoms with E-state index in [1.54, 1.807) is 0 Å². The van der Waals surface area contributed by atoms with E-state index in [1.807, 2.05) is 36.4 Å². The highest BCUT2D eigenvalue weighted by atomic mass is 16.5. The van der Waals surface area contributed by atoms with Crippen LogP contribution in [0.3, 0.4) is 0 Å². The number of benzene rings is 2. The maximum absolute atomic E-state index is 5.89. The minimum Gasteiger partial charge on any atom is -0.489 e. The topological polar surface area (TPSA) is 21.7 Å². The number of rotatable bonds is 6. The van der Waals surface area contributed by atoms with Crippen LogP contribution in [-0.2, 0) is 11.3 Å². The predicted molar refractivity (Wildman–Crippen MR) is 92.5 cm³/mol. The van der Waals surface area contributed by atoms with Crippen LogP contribution in [0, 0.1) is 0 Å². The molecule has 1 aliphatic rings. The molecular weight excluding hydrogens is 286 g/mol. The maximum atomic E-state index is 5.89. The molecule has 1 aliphatic heterocycles. The largest absolute Gasteiger partial charge is 0.489 e. The Kier molecular flexibility index (Phi) is 5.46. The highest BCUT2D eigenvalue weighted by molar-refractivity contribution is 5.29. The fraction of sp³-hybridized carbons (Fsp3) is 0.300. The molecule has 0 saturated carbocycles. The minimum atomic E-state index is 0.131. The first kappa shape index (κ1) is 15.8. The van der Waals surface area contributed by atoms with Crippen molar-refractivity contribution in [1.82, 2.24) is 4.90 Å². The smallest absolute Gasteiger partial charge is 0.119 e. The molecule has 3 rings (SSSR count). The van der Waals surface area contributed by atoms with E-state index in [0.717, 1.165) is 32.0 Å². The van der Waals surface area contributed by atoms with Gasteiger partial charge in [-0.2, -0.15) is 0 Å². The maximum Gasteiger partial charge on any atom is 0.119 e. The van der Waals surface area contributed by atoms with Crippen molar-refractivity contribution in [1.29, 1.82) is 0 Å². The van der Waals surface area contributed by atoms with Gasteiger partial charge in [-0.3, -0.25) is 4.90 Å². The molecule has 0 spiro atoms. The summed E-state index contributed by atoms with van der Waals surface area (Å²) >= 11 is 0. The molecule has 0 amide bonds. The summed E-state index contributed by atoms with van der Waals surface area (Å²) in [6.07, 6.45) is 2.08. The average Bonchev–Trinajstić information content (AvgIpc) is 2.62. The first-order valence-electron chi connectivity index (χ1n) is 8.06. The zero-order valence-electron chi connectivity index (χ0n) is 13.4. The second-order valence-electron chi connectivity index (χ2n) is 5.75. The van der Waals surface area contributed by atoms with Crippen molar-refractivity contribution in [2.45, 2.75) is 12.7 Å². The van der Waals surface area contributed by atoms with E-state index >= 15 is 0 Å². The van der Waals surface area contributed by atoms with Crippen LogP contribution in [0.1, 0.15) is 17.2 Å². The van der Waals surface area contributed by atoms with Gasteiger partial charge in [0.15, 0.2) is 0 Å². The number of hydrogen-bond acceptors (Lipinski definition) is 3. The third-order valence-corrected chi connectivity index (χ3v) is 4.04. The minimum absolute atomic E-state index is 0.131. The van der Waals surface area contributed by atoms with Crippen molar-refractivity contribution in [3.63, 3.8) is 0 Å². The van der Waals surface area contributed by atoms with Crippen molar-refractivity contribution in [2.24, 2.45) is 0 Å². The summed E-state index contributed by atoms with van der Waals surface area (Å²) in [6.45, 7) is 7.97. The molecule has 0 bridgehead atoms. The first-order chi connectivity index (χ1) is 11.3. The Bertz CT molecular complexity index is 609. The van der Waals surface area contributed by atoms with Crippen molar-refractivity contribution in [3.8, 4) is 5.75 Å². The van der Waals surface area contributed by atoms with Gasteiger partial charge in [0.05, 0.1) is 12.7 Å². The summed E-state index contributed by atoms with van der Waals surface area (Å²) in [4.78, 5) is 2.36. The Morgan fingerprint density at radius 2 is 1.91 bits per heavy atom. The van der Waals surface area contributed by atoms with E-state index in [1.165, 1.54) is 11.1 Å². The van der Waals surface area contributed by atoms with Crippen LogP contribution < -0.4 is 4.74 Å². The summed E-state index contributed by atoms with van der Waals surface area (Å²) in [5.41, 5.74) is 2.37. The SMILES string of the molecule is C=CCN1CCOC(c2ccc(OCc3ccccc3)cc2)C1. The molecule has 1 fully saturated rings. The molecule has 3 nitrogen and oxygen atoms in total. The van der Waals surface area contributed by atoms with Crippen molar-refractivity contribution >= 4 is 0 Å². The van der Waals surface area contributed by atoms with Crippen molar-refractivity contribution in [2.75, 3.05) is 26.2 Å². The van der Waals surface area contributed by atoms with Gasteiger partial charge in [0, 0.05) is 19.6 Å². The fourth-order valence-corrected chi connectivity index (χ4v) is 2.77. The van der Waals surface area contributed by atoms with E-state index in [4.69, 9.17) is 9.47 Å². The monoisotopic (exact) mass is 309 g/mol. The molecule has 1 saturated heterocycles. The summed E-state index contributed by atoms with van der Waals surface area (Å²) in [5.74, 6) is 0.886. The van der Waals surface area contributed by atoms with Crippen LogP contribution in [0.2, 0.25) is 0 Å². The summed E-state index contributed by atoms with van der Waals surface area (Å²) < 4.78 is 11.7. The zero-order valence-corrected chi connectivity index (χ0v) is 13.4. The number of hydrogen-bond donors (Lipinski definition) is 0. The molecule has 1 heterocycles. The normalized spacial score (nSPS) is 18.5. The van der Waals surface area contributed by atoms with Gasteiger partial charge in [0.1, 0.15) is 12.4 Å². The van der Waals surface area contributed by atoms with Gasteiger partial charge in [-0.25, -0.2) is 0 Å². The van der Waals surface area contributed by atoms with Crippen LogP contribution in [0.5, 0.6) is 5.75 Å². The molecule has 1 atom stereocenters. The van der Waals surface area contributed by atoms with Crippen molar-refractivity contribution < 1.29 is 9.47 Å². The molecule has 0 radical (unpaired) electrons. The highest BCUT2D eigenvalue weighted by Crippen LogP contribution is 2.24. The number of ether oxygens (including phenoxy) is 2. The third kappa shape index (κ3) is 4.44. The number of nitrogens with zero attached hydrogens (tertiary/aromatic N) is 1. The molecule has 120 valence electrons. The van der Waals surface area contributed by atoms with Crippen molar-refractivity contribution in [3.05, 3.63) is 78.4 Å². The third-order valence-electron chi connectivity index (χ3n) is 4.04. The Labute approximate surface area is 138 Å². The van der Waals surface area contributed by atoms with Crippen LogP contribution in [0.15, 0.2) is 67.3 Å². The van der Waals surface area contributed by atoms with Gasteiger partial charge in [-0.15, -0.1) is 6.58 Å². The molecule has 23 heavy (non-hydrogen) atoms. The second kappa shape index (κ2) is 7.95. The van der Waals surface area contributed by atoms with Crippen LogP contribution in [0.4, 0.5) is 0 Å². The van der Waals surface area contributed by atoms with Gasteiger partial charge in [-0.1, -0.05) is 48.5 Å². The lowest BCUT2D eigenvalue weighted by atomic mass is 10.1. The molecule has 0 N–H and O–H groups in total. The Morgan fingerprint density at radius 3 is 2.65 bits per heavy atom. The van der Waals surface area contributed by atoms with Gasteiger partial charge in [0.2, 0.25) is 0 Å². The van der Waals surface area contributed by atoms with E-state index < -0.39 is 0 Å². The summed E-state index contributed by atoms with van der Waals surface area (Å²) in [6, 6.07) is 18.4. The molecule has 1 unspecified atom stereocenters. The Balaban J connectivity index is 1.57.